The van der Waals surface area contributed by atoms with Crippen LogP contribution in [-0.2, 0) is 28.8 Å². The number of rotatable bonds is 18. The van der Waals surface area contributed by atoms with Crippen LogP contribution in [0.1, 0.15) is 33.4 Å². The van der Waals surface area contributed by atoms with Gasteiger partial charge in [0.1, 0.15) is 0 Å². The van der Waals surface area contributed by atoms with Crippen molar-refractivity contribution in [2.24, 2.45) is 0 Å². The standard InChI is InChI=1S/C60H42O12/c61-55(62)19-1-37-25-38(2-20-56(63)64)29-49(28-37)43-7-13-46(14-8-43)52-34-53(47-15-9-44(10-16-47)50-30-39(3-21-57(65)66)26-40(31-50)4-22-58(67)68)36-54(35-52)48-17-11-45(12-18-48)51-32-41(5-23-59(69)70)27-42(33-51)6-24-60(71)72/h1-36H,(H,61,62)(H,63,64)(H,65,66)(H,67,68)(H,69,70)(H,71,72). The molecule has 7 aromatic carbocycles. The van der Waals surface area contributed by atoms with Gasteiger partial charge in [0.05, 0.1) is 0 Å². The molecular formula is C60H42O12. The minimum absolute atomic E-state index is 0.565. The van der Waals surface area contributed by atoms with Gasteiger partial charge in [-0.05, 0) is 209 Å². The first-order valence-electron chi connectivity index (χ1n) is 21.9. The minimum atomic E-state index is -1.13. The molecule has 354 valence electrons. The molecule has 0 aliphatic carbocycles. The molecule has 0 spiro atoms. The summed E-state index contributed by atoms with van der Waals surface area (Å²) < 4.78 is 0. The fraction of sp³-hybridized carbons (Fsp3) is 0. The summed E-state index contributed by atoms with van der Waals surface area (Å²) in [5, 5.41) is 55.6. The normalized spacial score (nSPS) is 11.7. The Bertz CT molecular complexity index is 2940. The maximum absolute atomic E-state index is 11.3. The number of carboxylic acids is 6. The zero-order chi connectivity index (χ0) is 51.3. The fourth-order valence-corrected chi connectivity index (χ4v) is 7.81. The lowest BCUT2D eigenvalue weighted by Crippen LogP contribution is -1.90. The molecule has 12 nitrogen and oxygen atoms in total. The second-order valence-electron chi connectivity index (χ2n) is 16.2. The summed E-state index contributed by atoms with van der Waals surface area (Å²) in [6, 6.07) is 45.4. The van der Waals surface area contributed by atoms with Crippen molar-refractivity contribution in [3.8, 4) is 66.8 Å². The highest BCUT2D eigenvalue weighted by molar-refractivity contribution is 5.91. The van der Waals surface area contributed by atoms with Crippen molar-refractivity contribution >= 4 is 72.3 Å². The van der Waals surface area contributed by atoms with Crippen LogP contribution in [0.5, 0.6) is 0 Å². The van der Waals surface area contributed by atoms with Crippen molar-refractivity contribution in [3.05, 3.63) is 215 Å². The van der Waals surface area contributed by atoms with Crippen LogP contribution < -0.4 is 0 Å². The van der Waals surface area contributed by atoms with E-state index in [4.69, 9.17) is 0 Å². The van der Waals surface area contributed by atoms with Gasteiger partial charge in [-0.15, -0.1) is 0 Å². The van der Waals surface area contributed by atoms with Crippen LogP contribution in [0.3, 0.4) is 0 Å². The highest BCUT2D eigenvalue weighted by Crippen LogP contribution is 2.37. The van der Waals surface area contributed by atoms with Crippen LogP contribution in [0.4, 0.5) is 0 Å². The molecule has 0 fully saturated rings. The summed E-state index contributed by atoms with van der Waals surface area (Å²) in [5.41, 5.74) is 13.2. The van der Waals surface area contributed by atoms with E-state index in [1.807, 2.05) is 109 Å². The quantitative estimate of drug-likeness (QED) is 0.0442. The average Bonchev–Trinajstić information content (AvgIpc) is 3.37. The van der Waals surface area contributed by atoms with Gasteiger partial charge >= 0.3 is 35.8 Å². The first kappa shape index (κ1) is 49.7. The van der Waals surface area contributed by atoms with Crippen LogP contribution in [-0.4, -0.2) is 66.5 Å². The van der Waals surface area contributed by atoms with Gasteiger partial charge in [0, 0.05) is 36.5 Å². The third-order valence-electron chi connectivity index (χ3n) is 11.0. The van der Waals surface area contributed by atoms with Crippen molar-refractivity contribution in [3.63, 3.8) is 0 Å². The smallest absolute Gasteiger partial charge is 0.328 e. The number of hydrogen-bond acceptors (Lipinski definition) is 6. The summed E-state index contributed by atoms with van der Waals surface area (Å²) in [7, 11) is 0. The molecular weight excluding hydrogens is 913 g/mol. The molecule has 7 rings (SSSR count). The first-order valence-corrected chi connectivity index (χ1v) is 21.9. The second-order valence-corrected chi connectivity index (χ2v) is 16.2. The van der Waals surface area contributed by atoms with Gasteiger partial charge in [-0.25, -0.2) is 28.8 Å². The van der Waals surface area contributed by atoms with E-state index >= 15 is 0 Å². The summed E-state index contributed by atoms with van der Waals surface area (Å²) in [6.07, 6.45) is 14.7. The average molecular weight is 955 g/mol. The predicted molar refractivity (Wildman–Crippen MR) is 279 cm³/mol. The van der Waals surface area contributed by atoms with Crippen LogP contribution in [0.25, 0.3) is 103 Å². The Labute approximate surface area is 412 Å². The lowest BCUT2D eigenvalue weighted by Gasteiger charge is -2.14. The third-order valence-corrected chi connectivity index (χ3v) is 11.0. The molecule has 0 radical (unpaired) electrons. The van der Waals surface area contributed by atoms with Crippen molar-refractivity contribution in [2.75, 3.05) is 0 Å². The molecule has 0 aliphatic rings. The molecule has 0 aliphatic heterocycles. The molecule has 72 heavy (non-hydrogen) atoms. The number of benzene rings is 7. The molecule has 0 amide bonds. The molecule has 0 bridgehead atoms. The third kappa shape index (κ3) is 13.9. The summed E-state index contributed by atoms with van der Waals surface area (Å²) in [5.74, 6) is -6.76. The van der Waals surface area contributed by atoms with Gasteiger partial charge in [0.25, 0.3) is 0 Å². The van der Waals surface area contributed by atoms with Crippen LogP contribution in [0.15, 0.2) is 182 Å². The summed E-state index contributed by atoms with van der Waals surface area (Å²) in [4.78, 5) is 67.9. The van der Waals surface area contributed by atoms with E-state index in [0.717, 1.165) is 103 Å². The highest BCUT2D eigenvalue weighted by Gasteiger charge is 2.12. The molecule has 6 N–H and O–H groups in total. The molecule has 0 atom stereocenters. The Hall–Kier alpha value is -10.2. The Morgan fingerprint density at radius 2 is 0.347 bits per heavy atom. The highest BCUT2D eigenvalue weighted by atomic mass is 16.4. The monoisotopic (exact) mass is 954 g/mol. The molecule has 7 aromatic rings. The lowest BCUT2D eigenvalue weighted by atomic mass is 9.91. The van der Waals surface area contributed by atoms with Gasteiger partial charge < -0.3 is 30.6 Å². The van der Waals surface area contributed by atoms with Crippen LogP contribution >= 0.6 is 0 Å². The van der Waals surface area contributed by atoms with Crippen molar-refractivity contribution in [2.45, 2.75) is 0 Å². The number of carboxylic acid groups (broad SMARTS) is 6. The molecule has 0 unspecified atom stereocenters. The number of hydrogen-bond donors (Lipinski definition) is 6. The Kier molecular flexibility index (Phi) is 15.7. The Morgan fingerprint density at radius 3 is 0.486 bits per heavy atom. The Balaban J connectivity index is 1.31. The zero-order valence-corrected chi connectivity index (χ0v) is 37.9. The molecule has 0 saturated heterocycles. The molecule has 0 aromatic heterocycles. The molecule has 0 heterocycles. The van der Waals surface area contributed by atoms with E-state index in [1.165, 1.54) is 36.5 Å². The number of carbonyl (C=O) groups is 6. The van der Waals surface area contributed by atoms with Gasteiger partial charge in [-0.2, -0.15) is 0 Å². The van der Waals surface area contributed by atoms with E-state index in [0.29, 0.717) is 33.4 Å². The van der Waals surface area contributed by atoms with Gasteiger partial charge in [-0.3, -0.25) is 0 Å². The first-order chi connectivity index (χ1) is 34.5. The SMILES string of the molecule is O=C(O)C=Cc1cc(C=CC(=O)O)cc(-c2ccc(-c3cc(-c4ccc(-c5cc(C=CC(=O)O)cc(C=CC(=O)O)c5)cc4)cc(-c4ccc(-c5cc(C=CC(=O)O)cc(C=CC(=O)O)c5)cc4)c3)cc2)c1. The van der Waals surface area contributed by atoms with Gasteiger partial charge in [0.15, 0.2) is 0 Å². The Morgan fingerprint density at radius 1 is 0.208 bits per heavy atom. The number of aliphatic carboxylic acids is 6. The summed E-state index contributed by atoms with van der Waals surface area (Å²) in [6.45, 7) is 0. The van der Waals surface area contributed by atoms with Gasteiger partial charge in [-0.1, -0.05) is 72.8 Å². The van der Waals surface area contributed by atoms with Crippen LogP contribution in [0.2, 0.25) is 0 Å². The maximum Gasteiger partial charge on any atom is 0.328 e. The largest absolute Gasteiger partial charge is 0.478 e. The van der Waals surface area contributed by atoms with E-state index in [2.05, 4.69) is 18.2 Å². The zero-order valence-electron chi connectivity index (χ0n) is 37.9. The lowest BCUT2D eigenvalue weighted by molar-refractivity contribution is -0.132. The summed E-state index contributed by atoms with van der Waals surface area (Å²) >= 11 is 0. The van der Waals surface area contributed by atoms with Crippen molar-refractivity contribution in [1.82, 2.24) is 0 Å². The van der Waals surface area contributed by atoms with Crippen molar-refractivity contribution < 1.29 is 59.4 Å². The topological polar surface area (TPSA) is 224 Å². The van der Waals surface area contributed by atoms with E-state index < -0.39 is 35.8 Å². The van der Waals surface area contributed by atoms with Crippen molar-refractivity contribution in [1.29, 1.82) is 0 Å². The maximum atomic E-state index is 11.3. The fourth-order valence-electron chi connectivity index (χ4n) is 7.81. The molecule has 0 saturated carbocycles. The van der Waals surface area contributed by atoms with E-state index in [-0.39, 0.29) is 0 Å². The van der Waals surface area contributed by atoms with E-state index in [9.17, 15) is 59.4 Å². The predicted octanol–water partition coefficient (Wildman–Crippen LogP) is 12.3. The van der Waals surface area contributed by atoms with E-state index in [1.54, 1.807) is 18.2 Å². The second kappa shape index (κ2) is 22.7. The molecule has 12 heteroatoms. The minimum Gasteiger partial charge on any atom is -0.478 e. The van der Waals surface area contributed by atoms with Gasteiger partial charge in [0.2, 0.25) is 0 Å². The van der Waals surface area contributed by atoms with Crippen LogP contribution in [0, 0.1) is 0 Å².